The van der Waals surface area contributed by atoms with Crippen molar-refractivity contribution in [1.82, 2.24) is 0 Å². The van der Waals surface area contributed by atoms with E-state index in [0.29, 0.717) is 22.3 Å². The van der Waals surface area contributed by atoms with E-state index >= 15 is 0 Å². The van der Waals surface area contributed by atoms with Crippen molar-refractivity contribution >= 4 is 21.7 Å². The van der Waals surface area contributed by atoms with Crippen molar-refractivity contribution in [2.75, 3.05) is 0 Å². The van der Waals surface area contributed by atoms with Crippen LogP contribution in [0.2, 0.25) is 0 Å². The van der Waals surface area contributed by atoms with Crippen molar-refractivity contribution in [3.05, 3.63) is 68.4 Å². The minimum atomic E-state index is -0.250. The highest BCUT2D eigenvalue weighted by atomic mass is 79.9. The van der Waals surface area contributed by atoms with Crippen LogP contribution in [0, 0.1) is 26.6 Å². The standard InChI is InChI=1S/C16H14BrFO/c1-9-5-4-6-13(14(9)17)16(19)12-7-10(2)15(18)11(3)8-12/h4-8H,1-3H3. The first-order chi connectivity index (χ1) is 8.91. The Morgan fingerprint density at radius 2 is 1.63 bits per heavy atom. The third-order valence-electron chi connectivity index (χ3n) is 3.14. The zero-order valence-corrected chi connectivity index (χ0v) is 12.6. The molecule has 2 aromatic rings. The molecule has 0 unspecified atom stereocenters. The number of aryl methyl sites for hydroxylation is 3. The topological polar surface area (TPSA) is 17.1 Å². The fraction of sp³-hybridized carbons (Fsp3) is 0.188. The first-order valence-electron chi connectivity index (χ1n) is 5.98. The summed E-state index contributed by atoms with van der Waals surface area (Å²) in [5.74, 6) is -0.346. The molecule has 0 radical (unpaired) electrons. The molecule has 2 aromatic carbocycles. The molecule has 0 aromatic heterocycles. The van der Waals surface area contributed by atoms with Crippen LogP contribution in [-0.2, 0) is 0 Å². The van der Waals surface area contributed by atoms with Gasteiger partial charge in [0.1, 0.15) is 5.82 Å². The largest absolute Gasteiger partial charge is 0.289 e. The third kappa shape index (κ3) is 2.61. The monoisotopic (exact) mass is 320 g/mol. The van der Waals surface area contributed by atoms with E-state index in [-0.39, 0.29) is 11.6 Å². The first-order valence-corrected chi connectivity index (χ1v) is 6.77. The van der Waals surface area contributed by atoms with Crippen LogP contribution in [0.25, 0.3) is 0 Å². The lowest BCUT2D eigenvalue weighted by atomic mass is 9.98. The first kappa shape index (κ1) is 13.9. The van der Waals surface area contributed by atoms with E-state index in [1.54, 1.807) is 32.0 Å². The van der Waals surface area contributed by atoms with Gasteiger partial charge in [0.25, 0.3) is 0 Å². The molecule has 0 atom stereocenters. The summed E-state index contributed by atoms with van der Waals surface area (Å²) in [4.78, 5) is 12.5. The number of rotatable bonds is 2. The van der Waals surface area contributed by atoms with Gasteiger partial charge in [-0.05, 0) is 71.6 Å². The fourth-order valence-electron chi connectivity index (χ4n) is 2.06. The van der Waals surface area contributed by atoms with Crippen LogP contribution < -0.4 is 0 Å². The highest BCUT2D eigenvalue weighted by Gasteiger charge is 2.15. The van der Waals surface area contributed by atoms with Gasteiger partial charge >= 0.3 is 0 Å². The zero-order chi connectivity index (χ0) is 14.2. The molecular formula is C16H14BrFO. The Morgan fingerprint density at radius 3 is 2.21 bits per heavy atom. The van der Waals surface area contributed by atoms with Crippen LogP contribution in [0.5, 0.6) is 0 Å². The molecule has 0 N–H and O–H groups in total. The molecule has 0 bridgehead atoms. The molecule has 0 spiro atoms. The van der Waals surface area contributed by atoms with E-state index in [1.807, 2.05) is 19.1 Å². The molecule has 0 aliphatic rings. The Hall–Kier alpha value is -1.48. The fourth-order valence-corrected chi connectivity index (χ4v) is 2.50. The van der Waals surface area contributed by atoms with Crippen LogP contribution >= 0.6 is 15.9 Å². The SMILES string of the molecule is Cc1cc(C(=O)c2cccc(C)c2Br)cc(C)c1F. The van der Waals surface area contributed by atoms with Gasteiger partial charge in [-0.25, -0.2) is 4.39 Å². The maximum atomic E-state index is 13.6. The Balaban J connectivity index is 2.53. The van der Waals surface area contributed by atoms with E-state index in [2.05, 4.69) is 15.9 Å². The number of hydrogen-bond acceptors (Lipinski definition) is 1. The zero-order valence-electron chi connectivity index (χ0n) is 11.1. The molecule has 0 heterocycles. The summed E-state index contributed by atoms with van der Waals surface area (Å²) in [6.07, 6.45) is 0. The number of hydrogen-bond donors (Lipinski definition) is 0. The average Bonchev–Trinajstić information content (AvgIpc) is 2.38. The average molecular weight is 321 g/mol. The van der Waals surface area contributed by atoms with Crippen molar-refractivity contribution in [1.29, 1.82) is 0 Å². The van der Waals surface area contributed by atoms with Gasteiger partial charge in [0.15, 0.2) is 5.78 Å². The van der Waals surface area contributed by atoms with Gasteiger partial charge in [0.2, 0.25) is 0 Å². The number of ketones is 1. The Kier molecular flexibility index (Phi) is 3.85. The van der Waals surface area contributed by atoms with Gasteiger partial charge in [-0.15, -0.1) is 0 Å². The quantitative estimate of drug-likeness (QED) is 0.730. The summed E-state index contributed by atoms with van der Waals surface area (Å²) in [6, 6.07) is 8.74. The van der Waals surface area contributed by atoms with E-state index in [9.17, 15) is 9.18 Å². The second-order valence-corrected chi connectivity index (χ2v) is 5.48. The second kappa shape index (κ2) is 5.25. The lowest BCUT2D eigenvalue weighted by Gasteiger charge is -2.09. The van der Waals surface area contributed by atoms with Crippen LogP contribution in [0.3, 0.4) is 0 Å². The Labute approximate surface area is 120 Å². The van der Waals surface area contributed by atoms with Crippen molar-refractivity contribution in [2.45, 2.75) is 20.8 Å². The number of halogens is 2. The smallest absolute Gasteiger partial charge is 0.194 e. The van der Waals surface area contributed by atoms with E-state index < -0.39 is 0 Å². The van der Waals surface area contributed by atoms with Crippen LogP contribution in [0.4, 0.5) is 4.39 Å². The highest BCUT2D eigenvalue weighted by molar-refractivity contribution is 9.10. The van der Waals surface area contributed by atoms with Crippen LogP contribution in [0.1, 0.15) is 32.6 Å². The van der Waals surface area contributed by atoms with Gasteiger partial charge in [-0.3, -0.25) is 4.79 Å². The molecule has 3 heteroatoms. The lowest BCUT2D eigenvalue weighted by Crippen LogP contribution is -2.05. The molecule has 0 fully saturated rings. The predicted octanol–water partition coefficient (Wildman–Crippen LogP) is 4.74. The van der Waals surface area contributed by atoms with Crippen LogP contribution in [0.15, 0.2) is 34.8 Å². The molecule has 19 heavy (non-hydrogen) atoms. The number of carbonyl (C=O) groups excluding carboxylic acids is 1. The number of carbonyl (C=O) groups is 1. The summed E-state index contributed by atoms with van der Waals surface area (Å²) in [6.45, 7) is 5.27. The van der Waals surface area contributed by atoms with Gasteiger partial charge in [0, 0.05) is 15.6 Å². The molecule has 1 nitrogen and oxygen atoms in total. The van der Waals surface area contributed by atoms with Gasteiger partial charge < -0.3 is 0 Å². The van der Waals surface area contributed by atoms with Gasteiger partial charge in [0.05, 0.1) is 0 Å². The lowest BCUT2D eigenvalue weighted by molar-refractivity contribution is 0.103. The summed E-state index contributed by atoms with van der Waals surface area (Å²) >= 11 is 3.43. The predicted molar refractivity (Wildman–Crippen MR) is 78.2 cm³/mol. The molecule has 0 amide bonds. The Morgan fingerprint density at radius 1 is 1.05 bits per heavy atom. The molecule has 0 aliphatic heterocycles. The van der Waals surface area contributed by atoms with E-state index in [0.717, 1.165) is 10.0 Å². The minimum absolute atomic E-state index is 0.0956. The second-order valence-electron chi connectivity index (χ2n) is 4.69. The highest BCUT2D eigenvalue weighted by Crippen LogP contribution is 2.25. The molecular weight excluding hydrogens is 307 g/mol. The van der Waals surface area contributed by atoms with Gasteiger partial charge in [-0.2, -0.15) is 0 Å². The van der Waals surface area contributed by atoms with Crippen molar-refractivity contribution in [2.24, 2.45) is 0 Å². The summed E-state index contributed by atoms with van der Waals surface area (Å²) < 4.78 is 14.4. The van der Waals surface area contributed by atoms with Crippen molar-refractivity contribution in [3.63, 3.8) is 0 Å². The molecule has 0 saturated heterocycles. The third-order valence-corrected chi connectivity index (χ3v) is 4.19. The van der Waals surface area contributed by atoms with Gasteiger partial charge in [-0.1, -0.05) is 12.1 Å². The maximum Gasteiger partial charge on any atom is 0.194 e. The number of benzene rings is 2. The van der Waals surface area contributed by atoms with Crippen LogP contribution in [-0.4, -0.2) is 5.78 Å². The summed E-state index contributed by atoms with van der Waals surface area (Å²) in [5, 5.41) is 0. The summed E-state index contributed by atoms with van der Waals surface area (Å²) in [5.41, 5.74) is 3.11. The Bertz CT molecular complexity index is 639. The normalized spacial score (nSPS) is 10.6. The van der Waals surface area contributed by atoms with Crippen molar-refractivity contribution < 1.29 is 9.18 Å². The molecule has 98 valence electrons. The molecule has 0 aliphatic carbocycles. The van der Waals surface area contributed by atoms with E-state index in [1.165, 1.54) is 0 Å². The maximum absolute atomic E-state index is 13.6. The van der Waals surface area contributed by atoms with Crippen molar-refractivity contribution in [3.8, 4) is 0 Å². The molecule has 0 saturated carbocycles. The van der Waals surface area contributed by atoms with E-state index in [4.69, 9.17) is 0 Å². The minimum Gasteiger partial charge on any atom is -0.289 e. The molecule has 2 rings (SSSR count). The summed E-state index contributed by atoms with van der Waals surface area (Å²) in [7, 11) is 0.